The van der Waals surface area contributed by atoms with E-state index in [9.17, 15) is 0 Å². The van der Waals surface area contributed by atoms with Crippen LogP contribution in [0.5, 0.6) is 0 Å². The van der Waals surface area contributed by atoms with E-state index in [1.54, 1.807) is 14.2 Å². The van der Waals surface area contributed by atoms with Crippen molar-refractivity contribution in [3.8, 4) is 0 Å². The van der Waals surface area contributed by atoms with Gasteiger partial charge in [-0.1, -0.05) is 13.3 Å². The van der Waals surface area contributed by atoms with Gasteiger partial charge in [0.05, 0.1) is 6.04 Å². The van der Waals surface area contributed by atoms with E-state index >= 15 is 0 Å². The van der Waals surface area contributed by atoms with Crippen LogP contribution in [-0.2, 0) is 9.47 Å². The van der Waals surface area contributed by atoms with Crippen molar-refractivity contribution >= 4 is 0 Å². The summed E-state index contributed by atoms with van der Waals surface area (Å²) in [5.41, 5.74) is 0. The van der Waals surface area contributed by atoms with Gasteiger partial charge >= 0.3 is 0 Å². The molecule has 0 aromatic rings. The summed E-state index contributed by atoms with van der Waals surface area (Å²) in [6.45, 7) is 9.18. The van der Waals surface area contributed by atoms with Crippen molar-refractivity contribution in [2.24, 2.45) is 5.92 Å². The first kappa shape index (κ1) is 15.9. The number of hydrogen-bond donors (Lipinski definition) is 1. The van der Waals surface area contributed by atoms with Gasteiger partial charge in [-0.15, -0.1) is 0 Å². The van der Waals surface area contributed by atoms with Crippen LogP contribution in [0.1, 0.15) is 33.1 Å². The van der Waals surface area contributed by atoms with E-state index in [0.717, 1.165) is 6.54 Å². The third kappa shape index (κ3) is 5.65. The van der Waals surface area contributed by atoms with E-state index in [0.29, 0.717) is 5.92 Å². The van der Waals surface area contributed by atoms with Crippen LogP contribution in [0.3, 0.4) is 0 Å². The van der Waals surface area contributed by atoms with Crippen molar-refractivity contribution < 1.29 is 9.47 Å². The molecule has 0 aromatic heterocycles. The number of ether oxygens (including phenoxy) is 2. The molecule has 2 unspecified atom stereocenters. The number of piperidine rings is 1. The molecule has 1 saturated heterocycles. The number of methoxy groups -OCH3 is 2. The molecule has 0 bridgehead atoms. The highest BCUT2D eigenvalue weighted by atomic mass is 16.7. The van der Waals surface area contributed by atoms with Gasteiger partial charge in [-0.3, -0.25) is 0 Å². The molecule has 0 saturated carbocycles. The molecule has 1 N–H and O–H groups in total. The molecule has 0 amide bonds. The third-order valence-electron chi connectivity index (χ3n) is 3.68. The van der Waals surface area contributed by atoms with Crippen LogP contribution < -0.4 is 5.32 Å². The van der Waals surface area contributed by atoms with Crippen molar-refractivity contribution in [3.63, 3.8) is 0 Å². The lowest BCUT2D eigenvalue weighted by Gasteiger charge is -2.30. The Hall–Kier alpha value is -0.160. The van der Waals surface area contributed by atoms with E-state index < -0.39 is 0 Å². The minimum Gasteiger partial charge on any atom is -0.354 e. The Bertz CT molecular complexity index is 204. The molecule has 1 rings (SSSR count). The van der Waals surface area contributed by atoms with Gasteiger partial charge in [0.1, 0.15) is 0 Å². The first-order valence-corrected chi connectivity index (χ1v) is 7.18. The first-order valence-electron chi connectivity index (χ1n) is 7.18. The van der Waals surface area contributed by atoms with Crippen LogP contribution in [0.15, 0.2) is 0 Å². The average molecular weight is 258 g/mol. The summed E-state index contributed by atoms with van der Waals surface area (Å²) < 4.78 is 10.5. The molecule has 1 fully saturated rings. The maximum absolute atomic E-state index is 5.25. The largest absolute Gasteiger partial charge is 0.354 e. The molecule has 2 atom stereocenters. The minimum absolute atomic E-state index is 0.160. The number of nitrogens with zero attached hydrogens (tertiary/aromatic N) is 1. The molecular weight excluding hydrogens is 228 g/mol. The molecular formula is C14H30N2O2. The van der Waals surface area contributed by atoms with E-state index in [-0.39, 0.29) is 12.3 Å². The monoisotopic (exact) mass is 258 g/mol. The first-order chi connectivity index (χ1) is 8.67. The summed E-state index contributed by atoms with van der Waals surface area (Å²) in [5, 5.41) is 3.50. The summed E-state index contributed by atoms with van der Waals surface area (Å²) in [4.78, 5) is 2.59. The lowest BCUT2D eigenvalue weighted by Crippen LogP contribution is -2.43. The lowest BCUT2D eigenvalue weighted by atomic mass is 10.1. The van der Waals surface area contributed by atoms with Crippen LogP contribution >= 0.6 is 0 Å². The fourth-order valence-corrected chi connectivity index (χ4v) is 2.64. The zero-order chi connectivity index (χ0) is 13.4. The topological polar surface area (TPSA) is 33.7 Å². The quantitative estimate of drug-likeness (QED) is 0.672. The standard InChI is InChI=1S/C14H30N2O2/c1-12(11-16-8-6-5-7-9-16)10-15-13(2)14(17-3)18-4/h12-15H,5-11H2,1-4H3. The summed E-state index contributed by atoms with van der Waals surface area (Å²) in [6.07, 6.45) is 3.98. The second-order valence-electron chi connectivity index (χ2n) is 5.50. The summed E-state index contributed by atoms with van der Waals surface area (Å²) >= 11 is 0. The van der Waals surface area contributed by atoms with E-state index in [2.05, 4.69) is 24.1 Å². The van der Waals surface area contributed by atoms with Gasteiger partial charge in [0.15, 0.2) is 6.29 Å². The third-order valence-corrected chi connectivity index (χ3v) is 3.68. The zero-order valence-corrected chi connectivity index (χ0v) is 12.4. The van der Waals surface area contributed by atoms with Crippen molar-refractivity contribution in [1.29, 1.82) is 0 Å². The molecule has 0 radical (unpaired) electrons. The molecule has 1 aliphatic heterocycles. The maximum Gasteiger partial charge on any atom is 0.171 e. The normalized spacial score (nSPS) is 21.2. The fraction of sp³-hybridized carbons (Fsp3) is 1.00. The smallest absolute Gasteiger partial charge is 0.171 e. The highest BCUT2D eigenvalue weighted by Crippen LogP contribution is 2.10. The zero-order valence-electron chi connectivity index (χ0n) is 12.4. The molecule has 4 heteroatoms. The van der Waals surface area contributed by atoms with Gasteiger partial charge in [-0.05, 0) is 45.3 Å². The Morgan fingerprint density at radius 3 is 2.22 bits per heavy atom. The minimum atomic E-state index is -0.160. The predicted octanol–water partition coefficient (Wildman–Crippen LogP) is 1.71. The summed E-state index contributed by atoms with van der Waals surface area (Å²) in [7, 11) is 3.37. The van der Waals surface area contributed by atoms with E-state index in [4.69, 9.17) is 9.47 Å². The second kappa shape index (κ2) is 8.86. The van der Waals surface area contributed by atoms with Gasteiger partial charge in [0.25, 0.3) is 0 Å². The maximum atomic E-state index is 5.25. The SMILES string of the molecule is COC(OC)C(C)NCC(C)CN1CCCCC1. The molecule has 4 nitrogen and oxygen atoms in total. The molecule has 108 valence electrons. The number of rotatable bonds is 8. The van der Waals surface area contributed by atoms with Crippen LogP contribution in [0.2, 0.25) is 0 Å². The molecule has 1 aliphatic rings. The van der Waals surface area contributed by atoms with Crippen LogP contribution in [0, 0.1) is 5.92 Å². The Kier molecular flexibility index (Phi) is 7.82. The Morgan fingerprint density at radius 1 is 1.06 bits per heavy atom. The fourth-order valence-electron chi connectivity index (χ4n) is 2.64. The van der Waals surface area contributed by atoms with Crippen molar-refractivity contribution in [2.45, 2.75) is 45.4 Å². The predicted molar refractivity (Wildman–Crippen MR) is 74.7 cm³/mol. The number of hydrogen-bond acceptors (Lipinski definition) is 4. The van der Waals surface area contributed by atoms with Gasteiger partial charge in [-0.25, -0.2) is 0 Å². The Morgan fingerprint density at radius 2 is 1.67 bits per heavy atom. The van der Waals surface area contributed by atoms with Gasteiger partial charge < -0.3 is 19.7 Å². The van der Waals surface area contributed by atoms with Gasteiger partial charge in [-0.2, -0.15) is 0 Å². The number of nitrogens with one attached hydrogen (secondary N) is 1. The van der Waals surface area contributed by atoms with Crippen molar-refractivity contribution in [3.05, 3.63) is 0 Å². The molecule has 1 heterocycles. The van der Waals surface area contributed by atoms with E-state index in [1.165, 1.54) is 38.9 Å². The van der Waals surface area contributed by atoms with Gasteiger partial charge in [0, 0.05) is 20.8 Å². The highest BCUT2D eigenvalue weighted by Gasteiger charge is 2.17. The lowest BCUT2D eigenvalue weighted by molar-refractivity contribution is -0.119. The highest BCUT2D eigenvalue weighted by molar-refractivity contribution is 4.71. The summed E-state index contributed by atoms with van der Waals surface area (Å²) in [6, 6.07) is 0.226. The van der Waals surface area contributed by atoms with Crippen molar-refractivity contribution in [2.75, 3.05) is 40.4 Å². The van der Waals surface area contributed by atoms with Crippen LogP contribution in [0.25, 0.3) is 0 Å². The Labute approximate surface area is 112 Å². The van der Waals surface area contributed by atoms with Crippen molar-refractivity contribution in [1.82, 2.24) is 10.2 Å². The average Bonchev–Trinajstić information content (AvgIpc) is 2.39. The molecule has 18 heavy (non-hydrogen) atoms. The van der Waals surface area contributed by atoms with E-state index in [1.807, 2.05) is 0 Å². The van der Waals surface area contributed by atoms with Crippen LogP contribution in [-0.4, -0.2) is 57.6 Å². The second-order valence-corrected chi connectivity index (χ2v) is 5.50. The van der Waals surface area contributed by atoms with Gasteiger partial charge in [0.2, 0.25) is 0 Å². The number of likely N-dealkylation sites (tertiary alicyclic amines) is 1. The van der Waals surface area contributed by atoms with Crippen LogP contribution in [0.4, 0.5) is 0 Å². The molecule has 0 aliphatic carbocycles. The molecule has 0 spiro atoms. The Balaban J connectivity index is 2.17. The molecule has 0 aromatic carbocycles. The summed E-state index contributed by atoms with van der Waals surface area (Å²) in [5.74, 6) is 0.667.